The molecule has 0 radical (unpaired) electrons. The van der Waals surface area contributed by atoms with Crippen molar-refractivity contribution in [3.63, 3.8) is 0 Å². The summed E-state index contributed by atoms with van der Waals surface area (Å²) in [6.07, 6.45) is -0.0376. The number of ketones is 1. The molecule has 3 atom stereocenters. The molecule has 2 aromatic carbocycles. The summed E-state index contributed by atoms with van der Waals surface area (Å²) >= 11 is 1.31. The number of rotatable bonds is 8. The van der Waals surface area contributed by atoms with Crippen LogP contribution in [0.3, 0.4) is 0 Å². The topological polar surface area (TPSA) is 142 Å². The number of thiophene rings is 1. The van der Waals surface area contributed by atoms with E-state index in [0.717, 1.165) is 12.1 Å². The van der Waals surface area contributed by atoms with Crippen LogP contribution >= 0.6 is 11.3 Å². The van der Waals surface area contributed by atoms with Crippen LogP contribution in [0.25, 0.3) is 0 Å². The van der Waals surface area contributed by atoms with Crippen molar-refractivity contribution in [3.05, 3.63) is 115 Å². The van der Waals surface area contributed by atoms with Crippen LogP contribution in [0.5, 0.6) is 0 Å². The van der Waals surface area contributed by atoms with Crippen molar-refractivity contribution in [2.45, 2.75) is 32.1 Å². The molecular formula is C31H27F2N3O7S. The monoisotopic (exact) mass is 623 g/mol. The molecule has 10 nitrogen and oxygen atoms in total. The van der Waals surface area contributed by atoms with E-state index in [1.54, 1.807) is 31.4 Å². The number of nitrogens with zero attached hydrogens (tertiary/aromatic N) is 2. The van der Waals surface area contributed by atoms with Gasteiger partial charge in [-0.2, -0.15) is 0 Å². The van der Waals surface area contributed by atoms with E-state index >= 15 is 4.39 Å². The van der Waals surface area contributed by atoms with Crippen LogP contribution < -0.4 is 10.6 Å². The fourth-order valence-corrected chi connectivity index (χ4v) is 6.66. The molecule has 0 bridgehead atoms. The second-order valence-corrected chi connectivity index (χ2v) is 11.0. The quantitative estimate of drug-likeness (QED) is 0.150. The standard InChI is InChI=1S/C31H27F2N3O7S/c1-3-42-30(38)25-19(23-9-6-12-44-23)15-22-26(28(25)37)24(16-7-5-8-18(13-16)36(40)41)27(31(39)43-4-2)29(34)35(22)21-11-10-17(32)14-20(21)33/h5-14,19,24-25H,3-4,15,34H2,1-2H3/t19-,24+,25+/m0/s1. The summed E-state index contributed by atoms with van der Waals surface area (Å²) in [6, 6.07) is 11.6. The average molecular weight is 624 g/mol. The van der Waals surface area contributed by atoms with Crippen molar-refractivity contribution in [1.82, 2.24) is 0 Å². The highest BCUT2D eigenvalue weighted by atomic mass is 32.1. The molecule has 228 valence electrons. The van der Waals surface area contributed by atoms with E-state index in [1.165, 1.54) is 40.5 Å². The summed E-state index contributed by atoms with van der Waals surface area (Å²) in [4.78, 5) is 54.6. The highest BCUT2D eigenvalue weighted by Gasteiger charge is 2.52. The van der Waals surface area contributed by atoms with Crippen molar-refractivity contribution in [1.29, 1.82) is 0 Å². The Morgan fingerprint density at radius 1 is 1.09 bits per heavy atom. The van der Waals surface area contributed by atoms with Gasteiger partial charge >= 0.3 is 11.9 Å². The molecule has 13 heteroatoms. The third-order valence-corrected chi connectivity index (χ3v) is 8.55. The van der Waals surface area contributed by atoms with Gasteiger partial charge in [-0.05, 0) is 49.4 Å². The van der Waals surface area contributed by atoms with E-state index in [-0.39, 0.29) is 59.2 Å². The van der Waals surface area contributed by atoms with Gasteiger partial charge in [0.25, 0.3) is 5.69 Å². The molecule has 5 rings (SSSR count). The maximum atomic E-state index is 15.4. The molecule has 0 unspecified atom stereocenters. The second-order valence-electron chi connectivity index (χ2n) is 10.0. The van der Waals surface area contributed by atoms with Crippen molar-refractivity contribution >= 4 is 40.4 Å². The smallest absolute Gasteiger partial charge is 0.338 e. The molecule has 0 amide bonds. The predicted molar refractivity (Wildman–Crippen MR) is 156 cm³/mol. The highest BCUT2D eigenvalue weighted by Crippen LogP contribution is 2.52. The Morgan fingerprint density at radius 3 is 2.48 bits per heavy atom. The third-order valence-electron chi connectivity index (χ3n) is 7.55. The molecule has 1 aliphatic carbocycles. The SMILES string of the molecule is CCOC(=O)C1=C(N)N(c2ccc(F)cc2F)C2=C(C(=O)[C@H](C(=O)OCC)[C@H](c3cccs3)C2)[C@H]1c1cccc([N+](=O)[O-])c1. The van der Waals surface area contributed by atoms with Crippen molar-refractivity contribution < 1.29 is 37.6 Å². The number of hydrogen-bond acceptors (Lipinski definition) is 10. The van der Waals surface area contributed by atoms with E-state index in [0.29, 0.717) is 10.9 Å². The number of hydrogen-bond donors (Lipinski definition) is 1. The largest absolute Gasteiger partial charge is 0.465 e. The van der Waals surface area contributed by atoms with E-state index in [9.17, 15) is 28.9 Å². The molecule has 0 fully saturated rings. The van der Waals surface area contributed by atoms with Gasteiger partial charge in [0, 0.05) is 40.3 Å². The number of non-ortho nitro benzene ring substituents is 1. The van der Waals surface area contributed by atoms with Crippen LogP contribution in [0, 0.1) is 27.7 Å². The number of esters is 2. The lowest BCUT2D eigenvalue weighted by Crippen LogP contribution is -2.46. The van der Waals surface area contributed by atoms with E-state index in [1.807, 2.05) is 0 Å². The van der Waals surface area contributed by atoms with Gasteiger partial charge in [0.1, 0.15) is 23.4 Å². The summed E-state index contributed by atoms with van der Waals surface area (Å²) in [5.41, 5.74) is 6.01. The fourth-order valence-electron chi connectivity index (χ4n) is 5.80. The lowest BCUT2D eigenvalue weighted by Gasteiger charge is -2.43. The van der Waals surface area contributed by atoms with Crippen LogP contribution in [0.15, 0.2) is 82.6 Å². The number of allylic oxidation sites excluding steroid dienone is 2. The lowest BCUT2D eigenvalue weighted by atomic mass is 9.68. The number of Topliss-reactive ketones (excluding diaryl/α,β-unsaturated/α-hetero) is 1. The Labute approximate surface area is 254 Å². The molecule has 0 saturated heterocycles. The minimum absolute atomic E-state index is 0.00612. The normalized spacial score (nSPS) is 20.0. The Hall–Kier alpha value is -4.91. The zero-order chi connectivity index (χ0) is 31.7. The zero-order valence-electron chi connectivity index (χ0n) is 23.6. The van der Waals surface area contributed by atoms with E-state index in [4.69, 9.17) is 15.2 Å². The summed E-state index contributed by atoms with van der Waals surface area (Å²) < 4.78 is 40.1. The minimum Gasteiger partial charge on any atom is -0.465 e. The van der Waals surface area contributed by atoms with Crippen LogP contribution in [0.1, 0.15) is 42.5 Å². The summed E-state index contributed by atoms with van der Waals surface area (Å²) in [5.74, 6) is -8.09. The average Bonchev–Trinajstić information content (AvgIpc) is 3.52. The molecular weight excluding hydrogens is 596 g/mol. The number of nitrogens with two attached hydrogens (primary N) is 1. The van der Waals surface area contributed by atoms with Crippen molar-refractivity contribution in [2.75, 3.05) is 18.1 Å². The molecule has 2 heterocycles. The first-order valence-electron chi connectivity index (χ1n) is 13.7. The zero-order valence-corrected chi connectivity index (χ0v) is 24.4. The second kappa shape index (κ2) is 12.4. The number of ether oxygens (including phenoxy) is 2. The fraction of sp³-hybridized carbons (Fsp3) is 0.258. The molecule has 0 saturated carbocycles. The van der Waals surface area contributed by atoms with Gasteiger partial charge in [-0.1, -0.05) is 18.2 Å². The Bertz CT molecular complexity index is 1720. The van der Waals surface area contributed by atoms with Crippen molar-refractivity contribution in [3.8, 4) is 0 Å². The van der Waals surface area contributed by atoms with Gasteiger partial charge in [0.05, 0.1) is 35.3 Å². The number of nitro benzene ring substituents is 1. The number of anilines is 1. The summed E-state index contributed by atoms with van der Waals surface area (Å²) in [7, 11) is 0. The van der Waals surface area contributed by atoms with Gasteiger partial charge in [-0.25, -0.2) is 13.6 Å². The first kappa shape index (κ1) is 30.5. The molecule has 1 aromatic heterocycles. The van der Waals surface area contributed by atoms with Gasteiger partial charge in [0.15, 0.2) is 5.78 Å². The van der Waals surface area contributed by atoms with Gasteiger partial charge in [0.2, 0.25) is 0 Å². The Balaban J connectivity index is 1.85. The highest BCUT2D eigenvalue weighted by molar-refractivity contribution is 7.10. The Morgan fingerprint density at radius 2 is 1.84 bits per heavy atom. The first-order chi connectivity index (χ1) is 21.1. The van der Waals surface area contributed by atoms with Crippen LogP contribution in [0.4, 0.5) is 20.2 Å². The molecule has 44 heavy (non-hydrogen) atoms. The van der Waals surface area contributed by atoms with Crippen molar-refractivity contribution in [2.24, 2.45) is 11.7 Å². The first-order valence-corrected chi connectivity index (χ1v) is 14.6. The van der Waals surface area contributed by atoms with Gasteiger partial charge < -0.3 is 15.2 Å². The minimum atomic E-state index is -1.35. The maximum absolute atomic E-state index is 15.4. The molecule has 0 spiro atoms. The van der Waals surface area contributed by atoms with Crippen LogP contribution in [-0.4, -0.2) is 35.9 Å². The third kappa shape index (κ3) is 5.34. The van der Waals surface area contributed by atoms with E-state index in [2.05, 4.69) is 0 Å². The predicted octanol–water partition coefficient (Wildman–Crippen LogP) is 5.46. The number of carbonyl (C=O) groups is 3. The van der Waals surface area contributed by atoms with Gasteiger partial charge in [-0.3, -0.25) is 24.6 Å². The number of carbonyl (C=O) groups excluding carboxylic acids is 3. The summed E-state index contributed by atoms with van der Waals surface area (Å²) in [5, 5.41) is 13.5. The number of halogens is 2. The van der Waals surface area contributed by atoms with Gasteiger partial charge in [-0.15, -0.1) is 11.3 Å². The maximum Gasteiger partial charge on any atom is 0.338 e. The number of benzene rings is 2. The molecule has 2 N–H and O–H groups in total. The van der Waals surface area contributed by atoms with Crippen LogP contribution in [0.2, 0.25) is 0 Å². The summed E-state index contributed by atoms with van der Waals surface area (Å²) in [6.45, 7) is 3.06. The molecule has 2 aliphatic rings. The van der Waals surface area contributed by atoms with Crippen LogP contribution in [-0.2, 0) is 23.9 Å². The number of nitro groups is 1. The Kier molecular flexibility index (Phi) is 8.59. The molecule has 3 aromatic rings. The van der Waals surface area contributed by atoms with E-state index < -0.39 is 52.0 Å². The lowest BCUT2D eigenvalue weighted by molar-refractivity contribution is -0.384. The molecule has 1 aliphatic heterocycles.